The van der Waals surface area contributed by atoms with Gasteiger partial charge in [0.25, 0.3) is 0 Å². The highest BCUT2D eigenvalue weighted by molar-refractivity contribution is 5.80. The van der Waals surface area contributed by atoms with Crippen LogP contribution in [-0.4, -0.2) is 67.5 Å². The molecule has 2 aliphatic carbocycles. The summed E-state index contributed by atoms with van der Waals surface area (Å²) in [6, 6.07) is 0.837. The lowest BCUT2D eigenvalue weighted by atomic mass is 9.95. The Hall–Kier alpha value is -1.30. The molecule has 2 saturated carbocycles. The van der Waals surface area contributed by atoms with Crippen LogP contribution in [-0.2, 0) is 4.79 Å². The number of nitrogens with zero attached hydrogens (tertiary/aromatic N) is 3. The van der Waals surface area contributed by atoms with Gasteiger partial charge in [0.2, 0.25) is 5.91 Å². The van der Waals surface area contributed by atoms with E-state index in [-0.39, 0.29) is 5.91 Å². The van der Waals surface area contributed by atoms with Crippen LogP contribution >= 0.6 is 0 Å². The van der Waals surface area contributed by atoms with E-state index in [1.54, 1.807) is 0 Å². The Morgan fingerprint density at radius 3 is 2.67 bits per heavy atom. The standard InChI is InChI=1S/C18H33N5O/c1-20-18(23-9-2-3-15(13-23)11-17(19)24)21-8-10-22(16-6-7-16)12-14-4-5-14/h14-16H,2-13H2,1H3,(H2,19,24)(H,20,21). The molecule has 6 nitrogen and oxygen atoms in total. The summed E-state index contributed by atoms with van der Waals surface area (Å²) >= 11 is 0. The summed E-state index contributed by atoms with van der Waals surface area (Å²) in [4.78, 5) is 20.6. The van der Waals surface area contributed by atoms with Gasteiger partial charge in [0.1, 0.15) is 0 Å². The molecule has 1 heterocycles. The highest BCUT2D eigenvalue weighted by Gasteiger charge is 2.33. The number of hydrogen-bond donors (Lipinski definition) is 2. The summed E-state index contributed by atoms with van der Waals surface area (Å²) in [7, 11) is 1.85. The number of nitrogens with two attached hydrogens (primary N) is 1. The van der Waals surface area contributed by atoms with E-state index in [1.807, 2.05) is 7.05 Å². The number of amides is 1. The van der Waals surface area contributed by atoms with Crippen molar-refractivity contribution in [3.8, 4) is 0 Å². The molecule has 136 valence electrons. The van der Waals surface area contributed by atoms with Crippen LogP contribution in [0.5, 0.6) is 0 Å². The third-order valence-corrected chi connectivity index (χ3v) is 5.46. The summed E-state index contributed by atoms with van der Waals surface area (Å²) in [5, 5.41) is 3.54. The van der Waals surface area contributed by atoms with Gasteiger partial charge in [-0.3, -0.25) is 14.7 Å². The van der Waals surface area contributed by atoms with Gasteiger partial charge in [0.15, 0.2) is 5.96 Å². The van der Waals surface area contributed by atoms with E-state index in [0.717, 1.165) is 56.9 Å². The average molecular weight is 335 g/mol. The van der Waals surface area contributed by atoms with Crippen molar-refractivity contribution in [1.82, 2.24) is 15.1 Å². The Bertz CT molecular complexity index is 458. The van der Waals surface area contributed by atoms with Gasteiger partial charge in [-0.1, -0.05) is 0 Å². The van der Waals surface area contributed by atoms with Gasteiger partial charge in [0, 0.05) is 52.2 Å². The number of nitrogens with one attached hydrogen (secondary N) is 1. The van der Waals surface area contributed by atoms with Crippen LogP contribution in [0.25, 0.3) is 0 Å². The minimum Gasteiger partial charge on any atom is -0.370 e. The first kappa shape index (κ1) is 17.5. The molecule has 1 unspecified atom stereocenters. The molecule has 1 amide bonds. The van der Waals surface area contributed by atoms with Gasteiger partial charge in [-0.25, -0.2) is 0 Å². The summed E-state index contributed by atoms with van der Waals surface area (Å²) < 4.78 is 0. The third-order valence-electron chi connectivity index (χ3n) is 5.46. The quantitative estimate of drug-likeness (QED) is 0.513. The molecule has 3 N–H and O–H groups in total. The summed E-state index contributed by atoms with van der Waals surface area (Å²) in [6.45, 7) is 5.25. The predicted octanol–water partition coefficient (Wildman–Crippen LogP) is 1.02. The molecule has 0 spiro atoms. The molecular formula is C18H33N5O. The third kappa shape index (κ3) is 5.36. The number of primary amides is 1. The Kier molecular flexibility index (Phi) is 5.98. The molecule has 3 aliphatic rings. The minimum absolute atomic E-state index is 0.190. The topological polar surface area (TPSA) is 74.0 Å². The van der Waals surface area contributed by atoms with Crippen LogP contribution in [0.2, 0.25) is 0 Å². The van der Waals surface area contributed by atoms with Crippen LogP contribution in [0.3, 0.4) is 0 Å². The van der Waals surface area contributed by atoms with Crippen LogP contribution in [0, 0.1) is 11.8 Å². The SMILES string of the molecule is CN=C(NCCN(CC1CC1)C1CC1)N1CCCC(CC(N)=O)C1. The molecule has 0 aromatic rings. The van der Waals surface area contributed by atoms with E-state index in [0.29, 0.717) is 12.3 Å². The second kappa shape index (κ2) is 8.19. The van der Waals surface area contributed by atoms with Crippen molar-refractivity contribution in [2.75, 3.05) is 39.8 Å². The first-order valence-electron chi connectivity index (χ1n) is 9.63. The number of likely N-dealkylation sites (tertiary alicyclic amines) is 1. The molecule has 24 heavy (non-hydrogen) atoms. The average Bonchev–Trinajstić information content (AvgIpc) is 3.44. The largest absolute Gasteiger partial charge is 0.370 e. The fourth-order valence-electron chi connectivity index (χ4n) is 3.85. The molecular weight excluding hydrogens is 302 g/mol. The number of piperidine rings is 1. The highest BCUT2D eigenvalue weighted by Crippen LogP contribution is 2.34. The maximum Gasteiger partial charge on any atom is 0.217 e. The van der Waals surface area contributed by atoms with Gasteiger partial charge in [-0.05, 0) is 50.4 Å². The van der Waals surface area contributed by atoms with Crippen LogP contribution in [0.15, 0.2) is 4.99 Å². The number of rotatable bonds is 8. The molecule has 6 heteroatoms. The van der Waals surface area contributed by atoms with Gasteiger partial charge in [0.05, 0.1) is 0 Å². The summed E-state index contributed by atoms with van der Waals surface area (Å²) in [5.41, 5.74) is 5.36. The molecule has 0 radical (unpaired) electrons. The van der Waals surface area contributed by atoms with E-state index >= 15 is 0 Å². The fraction of sp³-hybridized carbons (Fsp3) is 0.889. The van der Waals surface area contributed by atoms with Crippen molar-refractivity contribution < 1.29 is 4.79 Å². The maximum atomic E-state index is 11.2. The maximum absolute atomic E-state index is 11.2. The lowest BCUT2D eigenvalue weighted by molar-refractivity contribution is -0.119. The lowest BCUT2D eigenvalue weighted by Crippen LogP contribution is -2.48. The summed E-state index contributed by atoms with van der Waals surface area (Å²) in [6.07, 6.45) is 8.29. The first-order valence-corrected chi connectivity index (χ1v) is 9.63. The number of guanidine groups is 1. The van der Waals surface area contributed by atoms with Crippen LogP contribution in [0.1, 0.15) is 44.9 Å². The van der Waals surface area contributed by atoms with Crippen molar-refractivity contribution >= 4 is 11.9 Å². The molecule has 0 aromatic carbocycles. The normalized spacial score (nSPS) is 25.2. The van der Waals surface area contributed by atoms with Gasteiger partial charge in [-0.2, -0.15) is 0 Å². The Balaban J connectivity index is 1.42. The van der Waals surface area contributed by atoms with Gasteiger partial charge < -0.3 is 16.0 Å². The lowest BCUT2D eigenvalue weighted by Gasteiger charge is -2.35. The Labute approximate surface area is 145 Å². The Morgan fingerprint density at radius 2 is 2.04 bits per heavy atom. The predicted molar refractivity (Wildman–Crippen MR) is 96.8 cm³/mol. The zero-order chi connectivity index (χ0) is 16.9. The number of aliphatic imine (C=N–C) groups is 1. The zero-order valence-corrected chi connectivity index (χ0v) is 15.0. The molecule has 1 atom stereocenters. The number of carbonyl (C=O) groups is 1. The number of hydrogen-bond acceptors (Lipinski definition) is 3. The van der Waals surface area contributed by atoms with E-state index in [9.17, 15) is 4.79 Å². The van der Waals surface area contributed by atoms with Crippen molar-refractivity contribution in [2.45, 2.75) is 51.0 Å². The number of carbonyl (C=O) groups excluding carboxylic acids is 1. The van der Waals surface area contributed by atoms with Crippen molar-refractivity contribution in [3.05, 3.63) is 0 Å². The Morgan fingerprint density at radius 1 is 1.25 bits per heavy atom. The molecule has 3 fully saturated rings. The zero-order valence-electron chi connectivity index (χ0n) is 15.0. The van der Waals surface area contributed by atoms with E-state index < -0.39 is 0 Å². The second-order valence-electron chi connectivity index (χ2n) is 7.77. The van der Waals surface area contributed by atoms with Crippen molar-refractivity contribution in [2.24, 2.45) is 22.6 Å². The van der Waals surface area contributed by atoms with Crippen LogP contribution < -0.4 is 11.1 Å². The van der Waals surface area contributed by atoms with Gasteiger partial charge in [-0.15, -0.1) is 0 Å². The molecule has 1 aliphatic heterocycles. The molecule has 0 aromatic heterocycles. The van der Waals surface area contributed by atoms with Gasteiger partial charge >= 0.3 is 0 Å². The van der Waals surface area contributed by atoms with E-state index in [4.69, 9.17) is 5.73 Å². The van der Waals surface area contributed by atoms with E-state index in [2.05, 4.69) is 20.1 Å². The van der Waals surface area contributed by atoms with Crippen molar-refractivity contribution in [3.63, 3.8) is 0 Å². The second-order valence-corrected chi connectivity index (χ2v) is 7.77. The molecule has 1 saturated heterocycles. The highest BCUT2D eigenvalue weighted by atomic mass is 16.1. The summed E-state index contributed by atoms with van der Waals surface area (Å²) in [5.74, 6) is 2.12. The molecule has 0 bridgehead atoms. The molecule has 3 rings (SSSR count). The monoisotopic (exact) mass is 335 g/mol. The van der Waals surface area contributed by atoms with Crippen LogP contribution in [0.4, 0.5) is 0 Å². The fourth-order valence-corrected chi connectivity index (χ4v) is 3.85. The first-order chi connectivity index (χ1) is 11.7. The van der Waals surface area contributed by atoms with Crippen molar-refractivity contribution in [1.29, 1.82) is 0 Å². The minimum atomic E-state index is -0.190. The van der Waals surface area contributed by atoms with E-state index in [1.165, 1.54) is 32.2 Å². The smallest absolute Gasteiger partial charge is 0.217 e.